The number of nitrogens with two attached hydrogens (primary N) is 1. The number of pyridine rings is 1. The second-order valence-corrected chi connectivity index (χ2v) is 6.67. The lowest BCUT2D eigenvalue weighted by molar-refractivity contribution is 0.122. The molecule has 0 amide bonds. The number of ether oxygens (including phenoxy) is 2. The van der Waals surface area contributed by atoms with E-state index in [-0.39, 0.29) is 5.95 Å². The molecule has 160 valence electrons. The zero-order valence-corrected chi connectivity index (χ0v) is 17.6. The lowest BCUT2D eigenvalue weighted by Crippen LogP contribution is -2.37. The minimum atomic E-state index is 0.185. The highest BCUT2D eigenvalue weighted by molar-refractivity contribution is 5.85. The van der Waals surface area contributed by atoms with Gasteiger partial charge in [0.2, 0.25) is 11.8 Å². The standard InChI is InChI=1S/C18H21N7O2.C2H7N/c1-2-7-27-14-4-3-12(10-20-14)13-11-21-16-15(22-13)17(24-18(19)23-16)25-5-8-26-9-6-25;1-3-2/h3-4,10-11H,2,5-9H2,1H3,(H2,19,21,23,24);3H,1-2H3. The van der Waals surface area contributed by atoms with Crippen LogP contribution in [0.4, 0.5) is 11.8 Å². The van der Waals surface area contributed by atoms with Crippen molar-refractivity contribution in [2.75, 3.05) is 57.6 Å². The number of nitrogen functional groups attached to an aromatic ring is 1. The molecule has 0 bridgehead atoms. The van der Waals surface area contributed by atoms with Gasteiger partial charge in [0.05, 0.1) is 31.7 Å². The predicted molar refractivity (Wildman–Crippen MR) is 117 cm³/mol. The van der Waals surface area contributed by atoms with E-state index in [0.29, 0.717) is 48.4 Å². The normalized spacial score (nSPS) is 13.6. The number of nitrogens with zero attached hydrogens (tertiary/aromatic N) is 6. The van der Waals surface area contributed by atoms with Crippen LogP contribution in [0.2, 0.25) is 0 Å². The van der Waals surface area contributed by atoms with Crippen LogP contribution in [0.3, 0.4) is 0 Å². The molecule has 0 unspecified atom stereocenters. The Kier molecular flexibility index (Phi) is 7.63. The summed E-state index contributed by atoms with van der Waals surface area (Å²) in [6.45, 7) is 5.43. The SMILES string of the molecule is CCCOc1ccc(-c2cnc3nc(N)nc(N4CCOCC4)c3n2)cn1.CNC. The van der Waals surface area contributed by atoms with Gasteiger partial charge in [-0.2, -0.15) is 9.97 Å². The number of morpholine rings is 1. The van der Waals surface area contributed by atoms with E-state index in [1.54, 1.807) is 12.4 Å². The van der Waals surface area contributed by atoms with E-state index < -0.39 is 0 Å². The first kappa shape index (κ1) is 21.6. The Morgan fingerprint density at radius 3 is 2.53 bits per heavy atom. The molecule has 1 aliphatic rings. The molecule has 3 aromatic heterocycles. The van der Waals surface area contributed by atoms with Crippen LogP contribution in [-0.2, 0) is 4.74 Å². The van der Waals surface area contributed by atoms with Crippen molar-refractivity contribution in [2.24, 2.45) is 0 Å². The molecule has 1 aliphatic heterocycles. The van der Waals surface area contributed by atoms with Gasteiger partial charge in [-0.1, -0.05) is 6.92 Å². The van der Waals surface area contributed by atoms with Crippen LogP contribution < -0.4 is 20.7 Å². The average molecular weight is 412 g/mol. The summed E-state index contributed by atoms with van der Waals surface area (Å²) in [5.41, 5.74) is 8.50. The summed E-state index contributed by atoms with van der Waals surface area (Å²) >= 11 is 0. The molecule has 10 nitrogen and oxygen atoms in total. The van der Waals surface area contributed by atoms with Gasteiger partial charge in [0.25, 0.3) is 0 Å². The van der Waals surface area contributed by atoms with Crippen molar-refractivity contribution in [2.45, 2.75) is 13.3 Å². The highest BCUT2D eigenvalue weighted by Gasteiger charge is 2.19. The number of aromatic nitrogens is 5. The zero-order chi connectivity index (χ0) is 21.3. The molecule has 3 aromatic rings. The number of rotatable bonds is 5. The summed E-state index contributed by atoms with van der Waals surface area (Å²) < 4.78 is 11.0. The Morgan fingerprint density at radius 2 is 1.87 bits per heavy atom. The van der Waals surface area contributed by atoms with E-state index in [9.17, 15) is 0 Å². The molecular weight excluding hydrogens is 384 g/mol. The van der Waals surface area contributed by atoms with Gasteiger partial charge >= 0.3 is 0 Å². The third-order valence-corrected chi connectivity index (χ3v) is 4.20. The fraction of sp³-hybridized carbons (Fsp3) is 0.450. The number of hydrogen-bond acceptors (Lipinski definition) is 10. The summed E-state index contributed by atoms with van der Waals surface area (Å²) in [5, 5.41) is 2.75. The van der Waals surface area contributed by atoms with Crippen LogP contribution in [-0.4, -0.2) is 71.9 Å². The molecular formula is C20H28N8O2. The third kappa shape index (κ3) is 5.28. The van der Waals surface area contributed by atoms with Gasteiger partial charge in [-0.25, -0.2) is 15.0 Å². The fourth-order valence-electron chi connectivity index (χ4n) is 2.87. The zero-order valence-electron chi connectivity index (χ0n) is 17.6. The minimum absolute atomic E-state index is 0.185. The molecule has 0 spiro atoms. The average Bonchev–Trinajstić information content (AvgIpc) is 2.78. The van der Waals surface area contributed by atoms with Crippen LogP contribution in [0, 0.1) is 0 Å². The van der Waals surface area contributed by atoms with Gasteiger partial charge in [-0.3, -0.25) is 0 Å². The van der Waals surface area contributed by atoms with Crippen LogP contribution in [0.15, 0.2) is 24.5 Å². The largest absolute Gasteiger partial charge is 0.478 e. The van der Waals surface area contributed by atoms with E-state index in [1.807, 2.05) is 26.2 Å². The Hall–Kier alpha value is -3.11. The van der Waals surface area contributed by atoms with E-state index >= 15 is 0 Å². The number of anilines is 2. The van der Waals surface area contributed by atoms with Crippen molar-refractivity contribution in [1.29, 1.82) is 0 Å². The first-order chi connectivity index (χ1) is 14.7. The van der Waals surface area contributed by atoms with Gasteiger partial charge in [0.15, 0.2) is 17.0 Å². The van der Waals surface area contributed by atoms with E-state index in [0.717, 1.165) is 25.1 Å². The second-order valence-electron chi connectivity index (χ2n) is 6.67. The molecule has 0 atom stereocenters. The van der Waals surface area contributed by atoms with Crippen LogP contribution in [0.5, 0.6) is 5.88 Å². The third-order valence-electron chi connectivity index (χ3n) is 4.20. The van der Waals surface area contributed by atoms with Crippen molar-refractivity contribution < 1.29 is 9.47 Å². The van der Waals surface area contributed by atoms with Gasteiger partial charge < -0.3 is 25.4 Å². The number of nitrogens with one attached hydrogen (secondary N) is 1. The lowest BCUT2D eigenvalue weighted by atomic mass is 10.2. The van der Waals surface area contributed by atoms with Crippen molar-refractivity contribution in [3.05, 3.63) is 24.5 Å². The summed E-state index contributed by atoms with van der Waals surface area (Å²) in [4.78, 5) is 24.2. The van der Waals surface area contributed by atoms with Crippen molar-refractivity contribution in [1.82, 2.24) is 30.2 Å². The molecule has 1 fully saturated rings. The van der Waals surface area contributed by atoms with Crippen LogP contribution >= 0.6 is 0 Å². The molecule has 1 saturated heterocycles. The van der Waals surface area contributed by atoms with E-state index in [4.69, 9.17) is 20.2 Å². The highest BCUT2D eigenvalue weighted by Crippen LogP contribution is 2.26. The molecule has 3 N–H and O–H groups in total. The first-order valence-electron chi connectivity index (χ1n) is 9.97. The van der Waals surface area contributed by atoms with E-state index in [2.05, 4.69) is 37.1 Å². The topological polar surface area (TPSA) is 124 Å². The fourth-order valence-corrected chi connectivity index (χ4v) is 2.87. The number of hydrogen-bond donors (Lipinski definition) is 2. The molecule has 4 heterocycles. The van der Waals surface area contributed by atoms with Crippen molar-refractivity contribution in [3.63, 3.8) is 0 Å². The summed E-state index contributed by atoms with van der Waals surface area (Å²) in [7, 11) is 3.75. The summed E-state index contributed by atoms with van der Waals surface area (Å²) in [6.07, 6.45) is 4.34. The van der Waals surface area contributed by atoms with Crippen LogP contribution in [0.1, 0.15) is 13.3 Å². The van der Waals surface area contributed by atoms with Crippen molar-refractivity contribution in [3.8, 4) is 17.1 Å². The molecule has 0 radical (unpaired) electrons. The van der Waals surface area contributed by atoms with Gasteiger partial charge in [-0.15, -0.1) is 0 Å². The van der Waals surface area contributed by atoms with Crippen molar-refractivity contribution >= 4 is 22.9 Å². The number of fused-ring (bicyclic) bond motifs is 1. The Bertz CT molecular complexity index is 945. The van der Waals surface area contributed by atoms with E-state index in [1.165, 1.54) is 0 Å². The monoisotopic (exact) mass is 412 g/mol. The lowest BCUT2D eigenvalue weighted by Gasteiger charge is -2.28. The minimum Gasteiger partial charge on any atom is -0.478 e. The molecule has 0 aliphatic carbocycles. The Balaban J connectivity index is 0.000000806. The Morgan fingerprint density at radius 1 is 1.10 bits per heavy atom. The molecule has 10 heteroatoms. The predicted octanol–water partition coefficient (Wildman–Crippen LogP) is 1.52. The van der Waals surface area contributed by atoms with Crippen LogP contribution in [0.25, 0.3) is 22.4 Å². The highest BCUT2D eigenvalue weighted by atomic mass is 16.5. The molecule has 4 rings (SSSR count). The maximum absolute atomic E-state index is 5.87. The summed E-state index contributed by atoms with van der Waals surface area (Å²) in [6, 6.07) is 3.75. The second kappa shape index (κ2) is 10.6. The van der Waals surface area contributed by atoms with Gasteiger partial charge in [0.1, 0.15) is 0 Å². The Labute approximate surface area is 175 Å². The molecule has 30 heavy (non-hydrogen) atoms. The smallest absolute Gasteiger partial charge is 0.224 e. The molecule has 0 aromatic carbocycles. The van der Waals surface area contributed by atoms with Gasteiger partial charge in [0, 0.05) is 30.9 Å². The maximum Gasteiger partial charge on any atom is 0.224 e. The quantitative estimate of drug-likeness (QED) is 0.637. The van der Waals surface area contributed by atoms with Gasteiger partial charge in [-0.05, 0) is 26.6 Å². The maximum atomic E-state index is 5.87. The summed E-state index contributed by atoms with van der Waals surface area (Å²) in [5.74, 6) is 1.47. The first-order valence-corrected chi connectivity index (χ1v) is 9.97. The molecule has 0 saturated carbocycles.